The maximum absolute atomic E-state index is 12.3. The highest BCUT2D eigenvalue weighted by Gasteiger charge is 2.15. The smallest absolute Gasteiger partial charge is 0.261 e. The van der Waals surface area contributed by atoms with Crippen LogP contribution in [-0.2, 0) is 16.6 Å². The average molecular weight is 342 g/mol. The highest BCUT2D eigenvalue weighted by Crippen LogP contribution is 2.25. The van der Waals surface area contributed by atoms with Crippen LogP contribution in [-0.4, -0.2) is 20.1 Å². The summed E-state index contributed by atoms with van der Waals surface area (Å²) in [5.74, 6) is 0.524. The maximum atomic E-state index is 12.3. The summed E-state index contributed by atoms with van der Waals surface area (Å²) in [5, 5.41) is 9.69. The Hall–Kier alpha value is -1.76. The van der Waals surface area contributed by atoms with Gasteiger partial charge >= 0.3 is 0 Å². The van der Waals surface area contributed by atoms with Crippen LogP contribution in [0.1, 0.15) is 12.5 Å². The Morgan fingerprint density at radius 3 is 2.64 bits per heavy atom. The molecule has 5 nitrogen and oxygen atoms in total. The van der Waals surface area contributed by atoms with E-state index in [4.69, 9.17) is 16.3 Å². The summed E-state index contributed by atoms with van der Waals surface area (Å²) >= 11 is 5.82. The lowest BCUT2D eigenvalue weighted by molar-refractivity contribution is 0.267. The van der Waals surface area contributed by atoms with Crippen LogP contribution < -0.4 is 9.46 Å². The molecular weight excluding hydrogens is 326 g/mol. The number of nitrogens with one attached hydrogen (secondary N) is 1. The van der Waals surface area contributed by atoms with Gasteiger partial charge in [-0.1, -0.05) is 17.7 Å². The summed E-state index contributed by atoms with van der Waals surface area (Å²) in [6.07, 6.45) is 0. The summed E-state index contributed by atoms with van der Waals surface area (Å²) in [5.41, 5.74) is 0.848. The Labute approximate surface area is 134 Å². The van der Waals surface area contributed by atoms with Gasteiger partial charge in [0.1, 0.15) is 5.75 Å². The molecule has 0 unspecified atom stereocenters. The molecule has 0 radical (unpaired) electrons. The van der Waals surface area contributed by atoms with Crippen LogP contribution in [0.15, 0.2) is 47.4 Å². The van der Waals surface area contributed by atoms with E-state index in [0.29, 0.717) is 28.6 Å². The molecule has 0 aromatic heterocycles. The number of anilines is 1. The topological polar surface area (TPSA) is 75.6 Å². The quantitative estimate of drug-likeness (QED) is 0.846. The van der Waals surface area contributed by atoms with E-state index in [0.717, 1.165) is 0 Å². The van der Waals surface area contributed by atoms with Gasteiger partial charge in [0.15, 0.2) is 0 Å². The van der Waals surface area contributed by atoms with Gasteiger partial charge in [-0.3, -0.25) is 4.72 Å². The molecule has 2 N–H and O–H groups in total. The van der Waals surface area contributed by atoms with Gasteiger partial charge in [-0.05, 0) is 43.3 Å². The second kappa shape index (κ2) is 7.00. The van der Waals surface area contributed by atoms with Crippen molar-refractivity contribution in [1.29, 1.82) is 0 Å². The minimum Gasteiger partial charge on any atom is -0.494 e. The lowest BCUT2D eigenvalue weighted by Gasteiger charge is -2.12. The number of hydrogen-bond acceptors (Lipinski definition) is 4. The van der Waals surface area contributed by atoms with Gasteiger partial charge in [0.25, 0.3) is 10.0 Å². The number of aliphatic hydroxyl groups excluding tert-OH is 1. The summed E-state index contributed by atoms with van der Waals surface area (Å²) in [6, 6.07) is 10.7. The van der Waals surface area contributed by atoms with E-state index in [-0.39, 0.29) is 11.5 Å². The zero-order valence-electron chi connectivity index (χ0n) is 11.9. The molecule has 0 saturated carbocycles. The third-order valence-electron chi connectivity index (χ3n) is 2.89. The molecular formula is C15H16ClNO4S. The van der Waals surface area contributed by atoms with Crippen molar-refractivity contribution >= 4 is 27.3 Å². The van der Waals surface area contributed by atoms with Crippen LogP contribution in [0.25, 0.3) is 0 Å². The van der Waals surface area contributed by atoms with Crippen LogP contribution in [0.5, 0.6) is 5.75 Å². The minimum absolute atomic E-state index is 0.0689. The molecule has 0 heterocycles. The van der Waals surface area contributed by atoms with Crippen molar-refractivity contribution in [2.45, 2.75) is 18.4 Å². The van der Waals surface area contributed by atoms with Crippen LogP contribution in [0.4, 0.5) is 5.69 Å². The van der Waals surface area contributed by atoms with Gasteiger partial charge in [-0.2, -0.15) is 0 Å². The average Bonchev–Trinajstić information content (AvgIpc) is 2.48. The molecule has 2 aromatic rings. The van der Waals surface area contributed by atoms with E-state index in [9.17, 15) is 13.5 Å². The van der Waals surface area contributed by atoms with E-state index in [1.165, 1.54) is 18.2 Å². The lowest BCUT2D eigenvalue weighted by Crippen LogP contribution is -2.13. The van der Waals surface area contributed by atoms with Crippen LogP contribution in [0.3, 0.4) is 0 Å². The highest BCUT2D eigenvalue weighted by molar-refractivity contribution is 7.92. The van der Waals surface area contributed by atoms with E-state index in [1.807, 2.05) is 6.92 Å². The third-order valence-corrected chi connectivity index (χ3v) is 4.50. The number of sulfonamides is 1. The monoisotopic (exact) mass is 341 g/mol. The first-order chi connectivity index (χ1) is 10.5. The molecule has 0 saturated heterocycles. The molecule has 22 heavy (non-hydrogen) atoms. The van der Waals surface area contributed by atoms with E-state index >= 15 is 0 Å². The summed E-state index contributed by atoms with van der Waals surface area (Å²) in [4.78, 5) is 0.0689. The largest absolute Gasteiger partial charge is 0.494 e. The Kier molecular flexibility index (Phi) is 5.28. The Morgan fingerprint density at radius 1 is 1.23 bits per heavy atom. The van der Waals surface area contributed by atoms with Crippen molar-refractivity contribution in [2.75, 3.05) is 11.3 Å². The standard InChI is InChI=1S/C15H16ClNO4S/c1-2-21-15-7-6-13(8-11(15)10-18)17-22(19,20)14-5-3-4-12(16)9-14/h3-9,17-18H,2,10H2,1H3. The normalized spacial score (nSPS) is 11.2. The fraction of sp³-hybridized carbons (Fsp3) is 0.200. The van der Waals surface area contributed by atoms with Gasteiger partial charge < -0.3 is 9.84 Å². The molecule has 2 rings (SSSR count). The number of rotatable bonds is 6. The first-order valence-corrected chi connectivity index (χ1v) is 8.47. The first kappa shape index (κ1) is 16.6. The molecule has 0 amide bonds. The Morgan fingerprint density at radius 2 is 2.00 bits per heavy atom. The highest BCUT2D eigenvalue weighted by atomic mass is 35.5. The first-order valence-electron chi connectivity index (χ1n) is 6.61. The fourth-order valence-corrected chi connectivity index (χ4v) is 3.26. The maximum Gasteiger partial charge on any atom is 0.261 e. The summed E-state index contributed by atoms with van der Waals surface area (Å²) < 4.78 is 32.4. The number of hydrogen-bond donors (Lipinski definition) is 2. The van der Waals surface area contributed by atoms with Crippen molar-refractivity contribution in [3.8, 4) is 5.75 Å². The second-order valence-electron chi connectivity index (χ2n) is 4.48. The number of halogens is 1. The zero-order chi connectivity index (χ0) is 16.2. The van der Waals surface area contributed by atoms with E-state index in [1.54, 1.807) is 24.3 Å². The van der Waals surface area contributed by atoms with Crippen LogP contribution >= 0.6 is 11.6 Å². The minimum atomic E-state index is -3.74. The molecule has 0 aliphatic heterocycles. The Bertz CT molecular complexity index is 762. The number of aliphatic hydroxyl groups is 1. The molecule has 0 fully saturated rings. The van der Waals surface area contributed by atoms with Crippen molar-refractivity contribution in [1.82, 2.24) is 0 Å². The molecule has 0 atom stereocenters. The predicted molar refractivity (Wildman–Crippen MR) is 85.8 cm³/mol. The van der Waals surface area contributed by atoms with Crippen molar-refractivity contribution in [2.24, 2.45) is 0 Å². The fourth-order valence-electron chi connectivity index (χ4n) is 1.91. The zero-order valence-corrected chi connectivity index (χ0v) is 13.5. The van der Waals surface area contributed by atoms with Gasteiger partial charge in [0.2, 0.25) is 0 Å². The van der Waals surface area contributed by atoms with Gasteiger partial charge in [-0.15, -0.1) is 0 Å². The van der Waals surface area contributed by atoms with Gasteiger partial charge in [0.05, 0.1) is 18.1 Å². The molecule has 118 valence electrons. The molecule has 2 aromatic carbocycles. The lowest BCUT2D eigenvalue weighted by atomic mass is 10.2. The van der Waals surface area contributed by atoms with Crippen molar-refractivity contribution < 1.29 is 18.3 Å². The molecule has 7 heteroatoms. The van der Waals surface area contributed by atoms with Crippen molar-refractivity contribution in [3.63, 3.8) is 0 Å². The van der Waals surface area contributed by atoms with E-state index < -0.39 is 10.0 Å². The summed E-state index contributed by atoms with van der Waals surface area (Å²) in [7, 11) is -3.74. The van der Waals surface area contributed by atoms with Gasteiger partial charge in [0, 0.05) is 16.3 Å². The van der Waals surface area contributed by atoms with E-state index in [2.05, 4.69) is 4.72 Å². The second-order valence-corrected chi connectivity index (χ2v) is 6.60. The van der Waals surface area contributed by atoms with Crippen molar-refractivity contribution in [3.05, 3.63) is 53.1 Å². The third kappa shape index (κ3) is 3.91. The predicted octanol–water partition coefficient (Wildman–Crippen LogP) is 3.03. The van der Waals surface area contributed by atoms with Crippen LogP contribution in [0, 0.1) is 0 Å². The number of benzene rings is 2. The summed E-state index contributed by atoms with van der Waals surface area (Å²) in [6.45, 7) is 2.04. The molecule has 0 aliphatic rings. The molecule has 0 aliphatic carbocycles. The molecule has 0 bridgehead atoms. The SMILES string of the molecule is CCOc1ccc(NS(=O)(=O)c2cccc(Cl)c2)cc1CO. The van der Waals surface area contributed by atoms with Gasteiger partial charge in [-0.25, -0.2) is 8.42 Å². The number of ether oxygens (including phenoxy) is 1. The molecule has 0 spiro atoms. The van der Waals surface area contributed by atoms with Crippen LogP contribution in [0.2, 0.25) is 5.02 Å². The Balaban J connectivity index is 2.30.